The van der Waals surface area contributed by atoms with Gasteiger partial charge in [0.2, 0.25) is 0 Å². The molecule has 3 heterocycles. The molecule has 0 spiro atoms. The standard InChI is InChI=1S/C23H20N4O3S/c1-31-14-8-6-13(7-9-14)21-20-16(15-4-2-3-5-17(15)24-20)10-11-27(21)22(29)18-12-19(28)26-23(30)25-18/h2-9,12,21,24H,10-11H2,1H3,(H2,25,26,28,30). The second-order valence-electron chi connectivity index (χ2n) is 7.49. The van der Waals surface area contributed by atoms with Crippen LogP contribution in [-0.2, 0) is 6.42 Å². The minimum Gasteiger partial charge on any atom is -0.356 e. The van der Waals surface area contributed by atoms with Crippen molar-refractivity contribution < 1.29 is 4.79 Å². The van der Waals surface area contributed by atoms with Crippen LogP contribution in [0.15, 0.2) is 69.1 Å². The molecule has 0 aliphatic carbocycles. The third-order valence-corrected chi connectivity index (χ3v) is 6.46. The lowest BCUT2D eigenvalue weighted by atomic mass is 9.92. The van der Waals surface area contributed by atoms with Crippen molar-refractivity contribution in [3.8, 4) is 0 Å². The van der Waals surface area contributed by atoms with Crippen LogP contribution in [0.3, 0.4) is 0 Å². The number of fused-ring (bicyclic) bond motifs is 3. The van der Waals surface area contributed by atoms with E-state index in [1.807, 2.05) is 48.7 Å². The van der Waals surface area contributed by atoms with Crippen LogP contribution in [0.5, 0.6) is 0 Å². The van der Waals surface area contributed by atoms with Crippen molar-refractivity contribution in [2.24, 2.45) is 0 Å². The smallest absolute Gasteiger partial charge is 0.326 e. The van der Waals surface area contributed by atoms with E-state index in [1.54, 1.807) is 16.7 Å². The van der Waals surface area contributed by atoms with E-state index >= 15 is 0 Å². The molecule has 0 saturated heterocycles. The van der Waals surface area contributed by atoms with Crippen LogP contribution in [0.25, 0.3) is 10.9 Å². The number of carbonyl (C=O) groups is 1. The molecule has 3 N–H and O–H groups in total. The van der Waals surface area contributed by atoms with E-state index in [2.05, 4.69) is 21.0 Å². The molecular weight excluding hydrogens is 412 g/mol. The molecule has 156 valence electrons. The molecule has 1 atom stereocenters. The molecule has 2 aromatic carbocycles. The minimum absolute atomic E-state index is 0.0148. The Morgan fingerprint density at radius 2 is 1.81 bits per heavy atom. The number of para-hydroxylation sites is 1. The van der Waals surface area contributed by atoms with Gasteiger partial charge in [-0.1, -0.05) is 30.3 Å². The molecule has 1 unspecified atom stereocenters. The number of carbonyl (C=O) groups excluding carboxylic acids is 1. The van der Waals surface area contributed by atoms with Gasteiger partial charge in [-0.15, -0.1) is 11.8 Å². The molecule has 31 heavy (non-hydrogen) atoms. The highest BCUT2D eigenvalue weighted by Gasteiger charge is 2.35. The highest BCUT2D eigenvalue weighted by atomic mass is 32.2. The average molecular weight is 433 g/mol. The number of thioether (sulfide) groups is 1. The van der Waals surface area contributed by atoms with Gasteiger partial charge in [-0.05, 0) is 42.0 Å². The number of nitrogens with zero attached hydrogens (tertiary/aromatic N) is 1. The largest absolute Gasteiger partial charge is 0.356 e. The molecule has 5 rings (SSSR count). The summed E-state index contributed by atoms with van der Waals surface area (Å²) in [6, 6.07) is 17.0. The van der Waals surface area contributed by atoms with Gasteiger partial charge in [-0.3, -0.25) is 14.6 Å². The van der Waals surface area contributed by atoms with Crippen LogP contribution in [0, 0.1) is 0 Å². The molecular formula is C23H20N4O3S. The highest BCUT2D eigenvalue weighted by Crippen LogP contribution is 2.39. The Labute approximate surface area is 181 Å². The third-order valence-electron chi connectivity index (χ3n) is 5.72. The lowest BCUT2D eigenvalue weighted by Gasteiger charge is -2.36. The van der Waals surface area contributed by atoms with Gasteiger partial charge in [0, 0.05) is 34.1 Å². The fourth-order valence-corrected chi connectivity index (χ4v) is 4.74. The first kappa shape index (κ1) is 19.4. The van der Waals surface area contributed by atoms with Crippen molar-refractivity contribution in [1.82, 2.24) is 19.9 Å². The molecule has 4 aromatic rings. The maximum Gasteiger partial charge on any atom is 0.326 e. The van der Waals surface area contributed by atoms with Gasteiger partial charge in [-0.25, -0.2) is 4.79 Å². The van der Waals surface area contributed by atoms with Gasteiger partial charge in [0.15, 0.2) is 0 Å². The summed E-state index contributed by atoms with van der Waals surface area (Å²) in [5.41, 5.74) is 2.83. The Morgan fingerprint density at radius 1 is 1.03 bits per heavy atom. The lowest BCUT2D eigenvalue weighted by molar-refractivity contribution is 0.0685. The number of aromatic nitrogens is 3. The van der Waals surface area contributed by atoms with Crippen LogP contribution in [0.2, 0.25) is 0 Å². The fraction of sp³-hybridized carbons (Fsp3) is 0.174. The van der Waals surface area contributed by atoms with Crippen LogP contribution in [-0.4, -0.2) is 38.6 Å². The van der Waals surface area contributed by atoms with E-state index in [9.17, 15) is 14.4 Å². The van der Waals surface area contributed by atoms with Gasteiger partial charge >= 0.3 is 5.69 Å². The van der Waals surface area contributed by atoms with Crippen molar-refractivity contribution in [2.45, 2.75) is 17.4 Å². The topological polar surface area (TPSA) is 102 Å². The Bertz CT molecular complexity index is 1370. The normalized spacial score (nSPS) is 15.8. The van der Waals surface area contributed by atoms with Gasteiger partial charge in [0.1, 0.15) is 5.69 Å². The summed E-state index contributed by atoms with van der Waals surface area (Å²) < 4.78 is 0. The summed E-state index contributed by atoms with van der Waals surface area (Å²) in [6.45, 7) is 0.470. The zero-order valence-electron chi connectivity index (χ0n) is 16.8. The molecule has 0 fully saturated rings. The first-order valence-corrected chi connectivity index (χ1v) is 11.2. The summed E-state index contributed by atoms with van der Waals surface area (Å²) >= 11 is 1.65. The summed E-state index contributed by atoms with van der Waals surface area (Å²) in [6.07, 6.45) is 2.70. The summed E-state index contributed by atoms with van der Waals surface area (Å²) in [7, 11) is 0. The van der Waals surface area contributed by atoms with Crippen LogP contribution >= 0.6 is 11.8 Å². The summed E-state index contributed by atoms with van der Waals surface area (Å²) in [5, 5.41) is 1.15. The van der Waals surface area contributed by atoms with Crippen molar-refractivity contribution in [2.75, 3.05) is 12.8 Å². The Balaban J connectivity index is 1.67. The molecule has 1 aliphatic heterocycles. The molecule has 8 heteroatoms. The first-order chi connectivity index (χ1) is 15.0. The number of aromatic amines is 3. The second kappa shape index (κ2) is 7.63. The second-order valence-corrected chi connectivity index (χ2v) is 8.37. The molecule has 0 bridgehead atoms. The molecule has 7 nitrogen and oxygen atoms in total. The molecule has 0 saturated carbocycles. The first-order valence-electron chi connectivity index (χ1n) is 9.93. The molecule has 1 amide bonds. The number of benzene rings is 2. The molecule has 1 aliphatic rings. The van der Waals surface area contributed by atoms with Crippen molar-refractivity contribution in [3.05, 3.63) is 98.0 Å². The third kappa shape index (κ3) is 3.38. The predicted molar refractivity (Wildman–Crippen MR) is 121 cm³/mol. The van der Waals surface area contributed by atoms with Gasteiger partial charge in [-0.2, -0.15) is 0 Å². The van der Waals surface area contributed by atoms with Crippen LogP contribution in [0.4, 0.5) is 0 Å². The SMILES string of the molecule is CSc1ccc(C2c3[nH]c4ccccc4c3CCN2C(=O)c2cc(=O)[nH]c(=O)[nH]2)cc1. The molecule has 2 aromatic heterocycles. The number of amides is 1. The number of nitrogens with one attached hydrogen (secondary N) is 3. The minimum atomic E-state index is -0.694. The predicted octanol–water partition coefficient (Wildman–Crippen LogP) is 3.05. The van der Waals surface area contributed by atoms with E-state index in [1.165, 1.54) is 5.56 Å². The lowest BCUT2D eigenvalue weighted by Crippen LogP contribution is -2.42. The van der Waals surface area contributed by atoms with E-state index in [4.69, 9.17) is 0 Å². The van der Waals surface area contributed by atoms with E-state index in [-0.39, 0.29) is 17.6 Å². The zero-order valence-corrected chi connectivity index (χ0v) is 17.6. The number of H-pyrrole nitrogens is 3. The van der Waals surface area contributed by atoms with E-state index < -0.39 is 11.2 Å². The zero-order chi connectivity index (χ0) is 21.5. The number of hydrogen-bond donors (Lipinski definition) is 3. The number of rotatable bonds is 3. The summed E-state index contributed by atoms with van der Waals surface area (Å²) in [5.74, 6) is -0.383. The molecule has 0 radical (unpaired) electrons. The average Bonchev–Trinajstić information content (AvgIpc) is 3.16. The highest BCUT2D eigenvalue weighted by molar-refractivity contribution is 7.98. The number of hydrogen-bond acceptors (Lipinski definition) is 4. The Morgan fingerprint density at radius 3 is 2.55 bits per heavy atom. The van der Waals surface area contributed by atoms with Crippen LogP contribution in [0.1, 0.15) is 33.4 Å². The Kier molecular flexibility index (Phi) is 4.78. The van der Waals surface area contributed by atoms with E-state index in [0.29, 0.717) is 13.0 Å². The maximum absolute atomic E-state index is 13.4. The van der Waals surface area contributed by atoms with Crippen LogP contribution < -0.4 is 11.2 Å². The maximum atomic E-state index is 13.4. The van der Waals surface area contributed by atoms with Gasteiger partial charge < -0.3 is 14.9 Å². The van der Waals surface area contributed by atoms with Crippen molar-refractivity contribution in [1.29, 1.82) is 0 Å². The fourth-order valence-electron chi connectivity index (χ4n) is 4.33. The van der Waals surface area contributed by atoms with Gasteiger partial charge in [0.05, 0.1) is 6.04 Å². The summed E-state index contributed by atoms with van der Waals surface area (Å²) in [4.78, 5) is 47.9. The quantitative estimate of drug-likeness (QED) is 0.433. The van der Waals surface area contributed by atoms with Gasteiger partial charge in [0.25, 0.3) is 11.5 Å². The van der Waals surface area contributed by atoms with Crippen molar-refractivity contribution >= 4 is 28.6 Å². The van der Waals surface area contributed by atoms with E-state index in [0.717, 1.165) is 33.1 Å². The Hall–Kier alpha value is -3.52. The monoisotopic (exact) mass is 432 g/mol. The van der Waals surface area contributed by atoms with Crippen molar-refractivity contribution in [3.63, 3.8) is 0 Å².